The first-order valence-electron chi connectivity index (χ1n) is 8.71. The molecule has 0 spiro atoms. The Hall–Kier alpha value is -2.81. The number of hydrogen-bond acceptors (Lipinski definition) is 6. The normalized spacial score (nSPS) is 13.9. The number of nitrogens with zero attached hydrogens (tertiary/aromatic N) is 3. The number of nitro benzene ring substituents is 1. The maximum atomic E-state index is 12.4. The summed E-state index contributed by atoms with van der Waals surface area (Å²) in [5.41, 5.74) is 0.529. The van der Waals surface area contributed by atoms with Crippen LogP contribution < -0.4 is 14.4 Å². The number of rotatable bonds is 6. The van der Waals surface area contributed by atoms with E-state index >= 15 is 0 Å². The molecule has 1 saturated heterocycles. The maximum absolute atomic E-state index is 12.4. The van der Waals surface area contributed by atoms with Crippen LogP contribution in [0.25, 0.3) is 0 Å². The Bertz CT molecular complexity index is 851. The zero-order valence-electron chi connectivity index (χ0n) is 15.3. The summed E-state index contributed by atoms with van der Waals surface area (Å²) in [4.78, 5) is 27.0. The molecule has 0 N–H and O–H groups in total. The number of hydrogen-bond donors (Lipinski definition) is 0. The van der Waals surface area contributed by atoms with Crippen molar-refractivity contribution in [3.05, 3.63) is 57.1 Å². The molecule has 1 heterocycles. The average molecular weight is 450 g/mol. The molecule has 0 radical (unpaired) electrons. The predicted octanol–water partition coefficient (Wildman–Crippen LogP) is 3.09. The van der Waals surface area contributed by atoms with Crippen molar-refractivity contribution in [2.45, 2.75) is 0 Å². The van der Waals surface area contributed by atoms with Gasteiger partial charge < -0.3 is 19.3 Å². The van der Waals surface area contributed by atoms with Crippen LogP contribution in [0.2, 0.25) is 0 Å². The average Bonchev–Trinajstić information content (AvgIpc) is 2.72. The molecule has 1 fully saturated rings. The van der Waals surface area contributed by atoms with Crippen LogP contribution in [-0.4, -0.2) is 55.6 Å². The van der Waals surface area contributed by atoms with E-state index in [-0.39, 0.29) is 18.2 Å². The SMILES string of the molecule is COc1ccc(N2CCN(C(=O)COc3ccc(Br)cc3)CC2)c([N+](=O)[O-])c1. The quantitative estimate of drug-likeness (QED) is 0.497. The lowest BCUT2D eigenvalue weighted by atomic mass is 10.2. The van der Waals surface area contributed by atoms with Gasteiger partial charge in [0.05, 0.1) is 18.1 Å². The van der Waals surface area contributed by atoms with Crippen molar-refractivity contribution in [3.8, 4) is 11.5 Å². The summed E-state index contributed by atoms with van der Waals surface area (Å²) in [6, 6.07) is 12.1. The molecule has 148 valence electrons. The topological polar surface area (TPSA) is 85.2 Å². The highest BCUT2D eigenvalue weighted by Crippen LogP contribution is 2.32. The molecule has 0 atom stereocenters. The van der Waals surface area contributed by atoms with Gasteiger partial charge in [0.1, 0.15) is 17.2 Å². The molecule has 0 bridgehead atoms. The van der Waals surface area contributed by atoms with Gasteiger partial charge in [0.25, 0.3) is 11.6 Å². The van der Waals surface area contributed by atoms with Gasteiger partial charge in [0.2, 0.25) is 0 Å². The monoisotopic (exact) mass is 449 g/mol. The summed E-state index contributed by atoms with van der Waals surface area (Å²) >= 11 is 3.35. The fourth-order valence-electron chi connectivity index (χ4n) is 3.01. The molecule has 9 heteroatoms. The molecule has 2 aromatic rings. The van der Waals surface area contributed by atoms with Gasteiger partial charge in [-0.15, -0.1) is 0 Å². The highest BCUT2D eigenvalue weighted by Gasteiger charge is 2.26. The third kappa shape index (κ3) is 4.72. The molecule has 28 heavy (non-hydrogen) atoms. The van der Waals surface area contributed by atoms with E-state index in [9.17, 15) is 14.9 Å². The third-order valence-electron chi connectivity index (χ3n) is 4.53. The number of nitro groups is 1. The van der Waals surface area contributed by atoms with Crippen LogP contribution in [0, 0.1) is 10.1 Å². The molecule has 3 rings (SSSR count). The van der Waals surface area contributed by atoms with E-state index < -0.39 is 4.92 Å². The number of methoxy groups -OCH3 is 1. The number of amides is 1. The predicted molar refractivity (Wildman–Crippen MR) is 108 cm³/mol. The lowest BCUT2D eigenvalue weighted by Gasteiger charge is -2.35. The molecule has 0 saturated carbocycles. The lowest BCUT2D eigenvalue weighted by molar-refractivity contribution is -0.384. The van der Waals surface area contributed by atoms with Gasteiger partial charge in [-0.3, -0.25) is 14.9 Å². The zero-order valence-corrected chi connectivity index (χ0v) is 16.9. The highest BCUT2D eigenvalue weighted by atomic mass is 79.9. The van der Waals surface area contributed by atoms with Gasteiger partial charge in [-0.2, -0.15) is 0 Å². The summed E-state index contributed by atoms with van der Waals surface area (Å²) in [6.45, 7) is 1.94. The summed E-state index contributed by atoms with van der Waals surface area (Å²) in [5.74, 6) is 0.963. The summed E-state index contributed by atoms with van der Waals surface area (Å²) in [6.07, 6.45) is 0. The van der Waals surface area contributed by atoms with E-state index in [4.69, 9.17) is 9.47 Å². The van der Waals surface area contributed by atoms with E-state index in [1.54, 1.807) is 29.2 Å². The molecular weight excluding hydrogens is 430 g/mol. The number of carbonyl (C=O) groups excluding carboxylic acids is 1. The molecule has 8 nitrogen and oxygen atoms in total. The van der Waals surface area contributed by atoms with Crippen molar-refractivity contribution in [3.63, 3.8) is 0 Å². The second-order valence-electron chi connectivity index (χ2n) is 6.22. The molecule has 1 aliphatic rings. The first-order valence-corrected chi connectivity index (χ1v) is 9.51. The fraction of sp³-hybridized carbons (Fsp3) is 0.316. The van der Waals surface area contributed by atoms with Gasteiger partial charge in [-0.25, -0.2) is 0 Å². The first-order chi connectivity index (χ1) is 13.5. The van der Waals surface area contributed by atoms with Crippen LogP contribution in [0.4, 0.5) is 11.4 Å². The zero-order chi connectivity index (χ0) is 20.1. The summed E-state index contributed by atoms with van der Waals surface area (Å²) in [7, 11) is 1.47. The van der Waals surface area contributed by atoms with E-state index in [0.717, 1.165) is 4.47 Å². The van der Waals surface area contributed by atoms with Crippen molar-refractivity contribution < 1.29 is 19.2 Å². The third-order valence-corrected chi connectivity index (χ3v) is 5.06. The molecule has 1 amide bonds. The Morgan fingerprint density at radius 3 is 2.36 bits per heavy atom. The van der Waals surface area contributed by atoms with Crippen LogP contribution in [0.3, 0.4) is 0 Å². The van der Waals surface area contributed by atoms with Crippen molar-refractivity contribution in [1.29, 1.82) is 0 Å². The number of piperazine rings is 1. The van der Waals surface area contributed by atoms with Crippen LogP contribution in [0.5, 0.6) is 11.5 Å². The highest BCUT2D eigenvalue weighted by molar-refractivity contribution is 9.10. The van der Waals surface area contributed by atoms with E-state index in [2.05, 4.69) is 15.9 Å². The lowest BCUT2D eigenvalue weighted by Crippen LogP contribution is -2.50. The second kappa shape index (κ2) is 8.92. The molecule has 0 unspecified atom stereocenters. The van der Waals surface area contributed by atoms with Crippen LogP contribution in [-0.2, 0) is 4.79 Å². The van der Waals surface area contributed by atoms with Crippen molar-refractivity contribution >= 4 is 33.2 Å². The van der Waals surface area contributed by atoms with Crippen LogP contribution in [0.1, 0.15) is 0 Å². The molecule has 1 aliphatic heterocycles. The molecule has 2 aromatic carbocycles. The Labute approximate surface area is 170 Å². The second-order valence-corrected chi connectivity index (χ2v) is 7.14. The largest absolute Gasteiger partial charge is 0.496 e. The van der Waals surface area contributed by atoms with E-state index in [1.807, 2.05) is 17.0 Å². The van der Waals surface area contributed by atoms with Gasteiger partial charge in [-0.1, -0.05) is 15.9 Å². The number of carbonyl (C=O) groups is 1. The smallest absolute Gasteiger partial charge is 0.296 e. The van der Waals surface area contributed by atoms with Gasteiger partial charge in [0, 0.05) is 30.7 Å². The number of anilines is 1. The Morgan fingerprint density at radius 1 is 1.11 bits per heavy atom. The van der Waals surface area contributed by atoms with Crippen molar-refractivity contribution in [2.75, 3.05) is 44.8 Å². The minimum absolute atomic E-state index is 0.00213. The Morgan fingerprint density at radius 2 is 1.75 bits per heavy atom. The number of ether oxygens (including phenoxy) is 2. The molecule has 0 aromatic heterocycles. The van der Waals surface area contributed by atoms with Gasteiger partial charge in [0.15, 0.2) is 6.61 Å². The Balaban J connectivity index is 1.57. The molecular formula is C19H20BrN3O5. The van der Waals surface area contributed by atoms with Crippen LogP contribution >= 0.6 is 15.9 Å². The fourth-order valence-corrected chi connectivity index (χ4v) is 3.27. The standard InChI is InChI=1S/C19H20BrN3O5/c1-27-16-6-7-17(18(12-16)23(25)26)21-8-10-22(11-9-21)19(24)13-28-15-4-2-14(20)3-5-15/h2-7,12H,8-11,13H2,1H3. The number of halogens is 1. The first kappa shape index (κ1) is 19.9. The molecule has 0 aliphatic carbocycles. The Kier molecular flexibility index (Phi) is 6.35. The van der Waals surface area contributed by atoms with E-state index in [1.165, 1.54) is 13.2 Å². The van der Waals surface area contributed by atoms with Crippen molar-refractivity contribution in [1.82, 2.24) is 4.90 Å². The van der Waals surface area contributed by atoms with Gasteiger partial charge in [-0.05, 0) is 36.4 Å². The summed E-state index contributed by atoms with van der Waals surface area (Å²) < 4.78 is 11.5. The minimum Gasteiger partial charge on any atom is -0.496 e. The van der Waals surface area contributed by atoms with Gasteiger partial charge >= 0.3 is 0 Å². The minimum atomic E-state index is -0.415. The van der Waals surface area contributed by atoms with E-state index in [0.29, 0.717) is 43.4 Å². The van der Waals surface area contributed by atoms with Crippen LogP contribution in [0.15, 0.2) is 46.9 Å². The number of benzene rings is 2. The summed E-state index contributed by atoms with van der Waals surface area (Å²) in [5, 5.41) is 11.4. The maximum Gasteiger partial charge on any atom is 0.296 e. The van der Waals surface area contributed by atoms with Crippen molar-refractivity contribution in [2.24, 2.45) is 0 Å².